The maximum absolute atomic E-state index is 6.09. The van der Waals surface area contributed by atoms with E-state index in [-0.39, 0.29) is 0 Å². The van der Waals surface area contributed by atoms with Crippen LogP contribution in [0.15, 0.2) is 30.6 Å². The lowest BCUT2D eigenvalue weighted by Crippen LogP contribution is -1.84. The number of nitrogens with zero attached hydrogens (tertiary/aromatic N) is 1. The number of pyridine rings is 1. The summed E-state index contributed by atoms with van der Waals surface area (Å²) >= 11 is 24.0. The summed E-state index contributed by atoms with van der Waals surface area (Å²) in [5.74, 6) is 0. The third-order valence-electron chi connectivity index (χ3n) is 2.05. The lowest BCUT2D eigenvalue weighted by Gasteiger charge is -2.08. The molecular formula is C11H5Cl4N. The molecule has 0 saturated heterocycles. The van der Waals surface area contributed by atoms with Crippen molar-refractivity contribution in [1.82, 2.24) is 4.98 Å². The minimum atomic E-state index is 0.393. The number of aromatic nitrogens is 1. The summed E-state index contributed by atoms with van der Waals surface area (Å²) in [6.45, 7) is 0. The van der Waals surface area contributed by atoms with Gasteiger partial charge in [0, 0.05) is 28.5 Å². The monoisotopic (exact) mass is 291 g/mol. The van der Waals surface area contributed by atoms with Gasteiger partial charge in [0.2, 0.25) is 0 Å². The third kappa shape index (κ3) is 2.28. The van der Waals surface area contributed by atoms with Crippen molar-refractivity contribution in [2.45, 2.75) is 0 Å². The molecule has 0 radical (unpaired) electrons. The van der Waals surface area contributed by atoms with Gasteiger partial charge >= 0.3 is 0 Å². The molecule has 0 atom stereocenters. The number of halogens is 4. The first-order valence-corrected chi connectivity index (χ1v) is 5.85. The van der Waals surface area contributed by atoms with Crippen molar-refractivity contribution < 1.29 is 0 Å². The molecule has 0 N–H and O–H groups in total. The lowest BCUT2D eigenvalue weighted by molar-refractivity contribution is 1.33. The molecule has 2 rings (SSSR count). The molecule has 0 aliphatic heterocycles. The van der Waals surface area contributed by atoms with Gasteiger partial charge in [0.15, 0.2) is 0 Å². The summed E-state index contributed by atoms with van der Waals surface area (Å²) in [5, 5.41) is 1.87. The van der Waals surface area contributed by atoms with Crippen molar-refractivity contribution in [1.29, 1.82) is 0 Å². The average molecular weight is 293 g/mol. The van der Waals surface area contributed by atoms with Gasteiger partial charge in [-0.15, -0.1) is 0 Å². The predicted molar refractivity (Wildman–Crippen MR) is 69.7 cm³/mol. The minimum absolute atomic E-state index is 0.393. The molecule has 0 bridgehead atoms. The van der Waals surface area contributed by atoms with Crippen molar-refractivity contribution in [3.05, 3.63) is 50.7 Å². The van der Waals surface area contributed by atoms with Gasteiger partial charge in [-0.2, -0.15) is 0 Å². The van der Waals surface area contributed by atoms with E-state index in [2.05, 4.69) is 4.98 Å². The van der Waals surface area contributed by atoms with Crippen molar-refractivity contribution in [2.75, 3.05) is 0 Å². The molecule has 16 heavy (non-hydrogen) atoms. The van der Waals surface area contributed by atoms with E-state index < -0.39 is 0 Å². The van der Waals surface area contributed by atoms with Gasteiger partial charge in [0.1, 0.15) is 0 Å². The Bertz CT molecular complexity index is 540. The van der Waals surface area contributed by atoms with Crippen LogP contribution in [0.25, 0.3) is 11.1 Å². The van der Waals surface area contributed by atoms with Crippen molar-refractivity contribution in [3.8, 4) is 11.1 Å². The molecule has 0 aliphatic rings. The van der Waals surface area contributed by atoms with Gasteiger partial charge in [-0.1, -0.05) is 46.4 Å². The van der Waals surface area contributed by atoms with Crippen LogP contribution >= 0.6 is 46.4 Å². The molecule has 1 heterocycles. The van der Waals surface area contributed by atoms with Gasteiger partial charge in [-0.3, -0.25) is 4.98 Å². The van der Waals surface area contributed by atoms with Crippen LogP contribution in [0, 0.1) is 0 Å². The number of rotatable bonds is 1. The fourth-order valence-electron chi connectivity index (χ4n) is 1.33. The predicted octanol–water partition coefficient (Wildman–Crippen LogP) is 5.36. The highest BCUT2D eigenvalue weighted by molar-refractivity contribution is 6.45. The smallest absolute Gasteiger partial charge is 0.0672 e. The molecule has 5 heteroatoms. The summed E-state index contributed by atoms with van der Waals surface area (Å²) in [6, 6.07) is 4.97. The van der Waals surface area contributed by atoms with E-state index in [0.29, 0.717) is 31.2 Å². The zero-order valence-corrected chi connectivity index (χ0v) is 10.9. The molecule has 0 saturated carbocycles. The summed E-state index contributed by atoms with van der Waals surface area (Å²) < 4.78 is 0. The SMILES string of the molecule is Clc1cc(Cl)c(Cl)c(-c2cnccc2Cl)c1. The Balaban J connectivity index is 2.69. The molecule has 2 aromatic rings. The fraction of sp³-hybridized carbons (Fsp3) is 0. The first-order valence-electron chi connectivity index (χ1n) is 4.34. The molecule has 0 unspecified atom stereocenters. The van der Waals surface area contributed by atoms with Crippen LogP contribution in [-0.4, -0.2) is 4.98 Å². The van der Waals surface area contributed by atoms with E-state index in [0.717, 1.165) is 0 Å². The van der Waals surface area contributed by atoms with Crippen LogP contribution in [-0.2, 0) is 0 Å². The lowest BCUT2D eigenvalue weighted by atomic mass is 10.1. The molecule has 0 fully saturated rings. The molecule has 0 spiro atoms. The summed E-state index contributed by atoms with van der Waals surface area (Å²) in [6.07, 6.45) is 3.22. The standard InChI is InChI=1S/C11H5Cl4N/c12-6-3-7(11(15)10(14)4-6)8-5-16-2-1-9(8)13/h1-5H. The Morgan fingerprint density at radius 1 is 0.875 bits per heavy atom. The molecule has 1 nitrogen and oxygen atoms in total. The second-order valence-corrected chi connectivity index (χ2v) is 4.73. The second-order valence-electron chi connectivity index (χ2n) is 3.10. The van der Waals surface area contributed by atoms with Gasteiger partial charge < -0.3 is 0 Å². The van der Waals surface area contributed by atoms with Crippen LogP contribution in [0.3, 0.4) is 0 Å². The molecule has 82 valence electrons. The highest BCUT2D eigenvalue weighted by Crippen LogP contribution is 2.38. The highest BCUT2D eigenvalue weighted by atomic mass is 35.5. The first kappa shape index (κ1) is 12.0. The highest BCUT2D eigenvalue weighted by Gasteiger charge is 2.11. The van der Waals surface area contributed by atoms with Crippen LogP contribution in [0.5, 0.6) is 0 Å². The average Bonchev–Trinajstić information content (AvgIpc) is 2.24. The number of hydrogen-bond acceptors (Lipinski definition) is 1. The maximum Gasteiger partial charge on any atom is 0.0672 e. The van der Waals surface area contributed by atoms with Crippen LogP contribution < -0.4 is 0 Å². The van der Waals surface area contributed by atoms with E-state index >= 15 is 0 Å². The van der Waals surface area contributed by atoms with Gasteiger partial charge in [-0.25, -0.2) is 0 Å². The Hall–Kier alpha value is -0.470. The topological polar surface area (TPSA) is 12.9 Å². The van der Waals surface area contributed by atoms with E-state index in [1.807, 2.05) is 0 Å². The van der Waals surface area contributed by atoms with Crippen LogP contribution in [0.2, 0.25) is 20.1 Å². The Kier molecular flexibility index (Phi) is 3.60. The second kappa shape index (κ2) is 4.80. The van der Waals surface area contributed by atoms with E-state index in [1.165, 1.54) is 0 Å². The maximum atomic E-state index is 6.09. The molecule has 0 amide bonds. The van der Waals surface area contributed by atoms with Crippen LogP contribution in [0.4, 0.5) is 0 Å². The van der Waals surface area contributed by atoms with E-state index in [4.69, 9.17) is 46.4 Å². The summed E-state index contributed by atoms with van der Waals surface area (Å²) in [7, 11) is 0. The summed E-state index contributed by atoms with van der Waals surface area (Å²) in [4.78, 5) is 3.99. The fourth-order valence-corrected chi connectivity index (χ4v) is 2.24. The Morgan fingerprint density at radius 3 is 2.31 bits per heavy atom. The zero-order valence-electron chi connectivity index (χ0n) is 7.85. The summed E-state index contributed by atoms with van der Waals surface area (Å²) in [5.41, 5.74) is 1.39. The van der Waals surface area contributed by atoms with E-state index in [1.54, 1.807) is 30.6 Å². The van der Waals surface area contributed by atoms with Gasteiger partial charge in [0.25, 0.3) is 0 Å². The number of benzene rings is 1. The van der Waals surface area contributed by atoms with E-state index in [9.17, 15) is 0 Å². The number of hydrogen-bond donors (Lipinski definition) is 0. The Morgan fingerprint density at radius 2 is 1.62 bits per heavy atom. The molecule has 1 aromatic heterocycles. The third-order valence-corrected chi connectivity index (χ3v) is 3.40. The van der Waals surface area contributed by atoms with Crippen LogP contribution in [0.1, 0.15) is 0 Å². The van der Waals surface area contributed by atoms with Crippen molar-refractivity contribution in [2.24, 2.45) is 0 Å². The zero-order chi connectivity index (χ0) is 11.7. The molecule has 0 aliphatic carbocycles. The van der Waals surface area contributed by atoms with Gasteiger partial charge in [0.05, 0.1) is 15.1 Å². The minimum Gasteiger partial charge on any atom is -0.264 e. The van der Waals surface area contributed by atoms with Gasteiger partial charge in [-0.05, 0) is 18.2 Å². The molecular weight excluding hydrogens is 288 g/mol. The normalized spacial score (nSPS) is 10.5. The molecule has 1 aromatic carbocycles. The quantitative estimate of drug-likeness (QED) is 0.645. The van der Waals surface area contributed by atoms with Crippen molar-refractivity contribution >= 4 is 46.4 Å². The van der Waals surface area contributed by atoms with Crippen molar-refractivity contribution in [3.63, 3.8) is 0 Å². The first-order chi connectivity index (χ1) is 7.59. The Labute approximate surface area is 113 Å². The largest absolute Gasteiger partial charge is 0.264 e.